The maximum atomic E-state index is 12.9. The van der Waals surface area contributed by atoms with Crippen LogP contribution in [0, 0.1) is 0 Å². The fraction of sp³-hybridized carbons (Fsp3) is 0. The summed E-state index contributed by atoms with van der Waals surface area (Å²) in [5, 5.41) is 11.5. The standard InChI is InChI=1S/C28H22N4O4S/c33-27(30-25-16-5-10-19-8-1-3-14-23(19)25)29-21-12-7-13-22(18-21)37(35,36)32-28(34)31-26-17-6-11-20-9-2-4-15-24(20)26/h1-18H,(H2,29,30,33)(H2,31,32,34). The van der Waals surface area contributed by atoms with Crippen molar-refractivity contribution in [1.82, 2.24) is 4.72 Å². The summed E-state index contributed by atoms with van der Waals surface area (Å²) >= 11 is 0. The second-order valence-corrected chi connectivity index (χ2v) is 9.90. The lowest BCUT2D eigenvalue weighted by atomic mass is 10.1. The molecule has 0 bridgehead atoms. The van der Waals surface area contributed by atoms with Gasteiger partial charge in [0.2, 0.25) is 0 Å². The maximum Gasteiger partial charge on any atom is 0.333 e. The van der Waals surface area contributed by atoms with Crippen LogP contribution in [-0.4, -0.2) is 20.5 Å². The highest BCUT2D eigenvalue weighted by Crippen LogP contribution is 2.24. The molecule has 9 heteroatoms. The fourth-order valence-corrected chi connectivity index (χ4v) is 4.98. The highest BCUT2D eigenvalue weighted by atomic mass is 32.2. The Morgan fingerprint density at radius 2 is 1.05 bits per heavy atom. The van der Waals surface area contributed by atoms with Gasteiger partial charge in [-0.05, 0) is 41.1 Å². The van der Waals surface area contributed by atoms with Crippen molar-refractivity contribution in [3.63, 3.8) is 0 Å². The van der Waals surface area contributed by atoms with E-state index in [0.717, 1.165) is 21.5 Å². The normalized spacial score (nSPS) is 11.1. The van der Waals surface area contributed by atoms with E-state index in [1.165, 1.54) is 18.2 Å². The number of nitrogens with one attached hydrogen (secondary N) is 4. The molecule has 0 aliphatic heterocycles. The van der Waals surface area contributed by atoms with Gasteiger partial charge in [-0.1, -0.05) is 78.9 Å². The molecule has 37 heavy (non-hydrogen) atoms. The number of urea groups is 2. The lowest BCUT2D eigenvalue weighted by molar-refractivity contribution is 0.256. The molecule has 0 aliphatic carbocycles. The Kier molecular flexibility index (Phi) is 6.44. The first-order valence-corrected chi connectivity index (χ1v) is 12.8. The Morgan fingerprint density at radius 1 is 0.541 bits per heavy atom. The molecular weight excluding hydrogens is 488 g/mol. The third-order valence-corrected chi connectivity index (χ3v) is 7.03. The Balaban J connectivity index is 1.28. The van der Waals surface area contributed by atoms with Crippen LogP contribution in [0.15, 0.2) is 114 Å². The Morgan fingerprint density at radius 3 is 1.68 bits per heavy atom. The molecule has 0 spiro atoms. The van der Waals surface area contributed by atoms with Crippen LogP contribution in [0.2, 0.25) is 0 Å². The molecule has 4 N–H and O–H groups in total. The van der Waals surface area contributed by atoms with E-state index in [4.69, 9.17) is 0 Å². The summed E-state index contributed by atoms with van der Waals surface area (Å²) in [6.45, 7) is 0. The first kappa shape index (κ1) is 23.8. The molecule has 5 aromatic carbocycles. The van der Waals surface area contributed by atoms with E-state index < -0.39 is 22.1 Å². The fourth-order valence-electron chi connectivity index (χ4n) is 4.02. The van der Waals surface area contributed by atoms with Gasteiger partial charge in [-0.15, -0.1) is 0 Å². The zero-order chi connectivity index (χ0) is 25.8. The van der Waals surface area contributed by atoms with Crippen LogP contribution >= 0.6 is 0 Å². The number of hydrogen-bond acceptors (Lipinski definition) is 4. The molecule has 0 fully saturated rings. The number of fused-ring (bicyclic) bond motifs is 2. The molecule has 0 atom stereocenters. The summed E-state index contributed by atoms with van der Waals surface area (Å²) in [6, 6.07) is 30.2. The number of benzene rings is 5. The van der Waals surface area contributed by atoms with Gasteiger partial charge in [-0.25, -0.2) is 22.7 Å². The van der Waals surface area contributed by atoms with E-state index in [0.29, 0.717) is 11.4 Å². The predicted octanol–water partition coefficient (Wildman–Crippen LogP) is 6.15. The molecule has 5 aromatic rings. The highest BCUT2D eigenvalue weighted by Gasteiger charge is 2.19. The smallest absolute Gasteiger partial charge is 0.308 e. The SMILES string of the molecule is O=C(Nc1cccc(S(=O)(=O)NC(=O)Nc2cccc3ccccc23)c1)Nc1cccc2ccccc12. The molecule has 8 nitrogen and oxygen atoms in total. The van der Waals surface area contributed by atoms with Crippen molar-refractivity contribution < 1.29 is 18.0 Å². The van der Waals surface area contributed by atoms with Crippen molar-refractivity contribution in [2.75, 3.05) is 16.0 Å². The van der Waals surface area contributed by atoms with E-state index in [1.54, 1.807) is 24.3 Å². The maximum absolute atomic E-state index is 12.9. The van der Waals surface area contributed by atoms with Gasteiger partial charge >= 0.3 is 12.1 Å². The van der Waals surface area contributed by atoms with Gasteiger partial charge in [-0.2, -0.15) is 0 Å². The molecule has 0 radical (unpaired) electrons. The van der Waals surface area contributed by atoms with Crippen LogP contribution in [0.25, 0.3) is 21.5 Å². The van der Waals surface area contributed by atoms with Gasteiger partial charge in [0, 0.05) is 16.5 Å². The molecule has 4 amide bonds. The number of carbonyl (C=O) groups is 2. The summed E-state index contributed by atoms with van der Waals surface area (Å²) in [7, 11) is -4.21. The second kappa shape index (κ2) is 10.00. The largest absolute Gasteiger partial charge is 0.333 e. The van der Waals surface area contributed by atoms with E-state index in [-0.39, 0.29) is 10.6 Å². The van der Waals surface area contributed by atoms with Crippen LogP contribution in [0.3, 0.4) is 0 Å². The number of rotatable bonds is 5. The van der Waals surface area contributed by atoms with Crippen LogP contribution in [-0.2, 0) is 10.0 Å². The van der Waals surface area contributed by atoms with Gasteiger partial charge in [-0.3, -0.25) is 0 Å². The molecule has 184 valence electrons. The van der Waals surface area contributed by atoms with Crippen molar-refractivity contribution in [2.24, 2.45) is 0 Å². The van der Waals surface area contributed by atoms with Gasteiger partial charge in [0.05, 0.1) is 16.3 Å². The van der Waals surface area contributed by atoms with Crippen molar-refractivity contribution >= 4 is 60.7 Å². The second-order valence-electron chi connectivity index (χ2n) is 8.22. The lowest BCUT2D eigenvalue weighted by Crippen LogP contribution is -2.34. The lowest BCUT2D eigenvalue weighted by Gasteiger charge is -2.12. The van der Waals surface area contributed by atoms with Crippen molar-refractivity contribution in [3.05, 3.63) is 109 Å². The van der Waals surface area contributed by atoms with Gasteiger partial charge in [0.15, 0.2) is 0 Å². The quantitative estimate of drug-likeness (QED) is 0.227. The molecular formula is C28H22N4O4S. The first-order valence-electron chi connectivity index (χ1n) is 11.4. The summed E-state index contributed by atoms with van der Waals surface area (Å²) in [5.41, 5.74) is 1.34. The molecule has 5 rings (SSSR count). The van der Waals surface area contributed by atoms with Crippen LogP contribution in [0.4, 0.5) is 26.7 Å². The Hall–Kier alpha value is -4.89. The first-order chi connectivity index (χ1) is 17.9. The zero-order valence-corrected chi connectivity index (χ0v) is 20.3. The van der Waals surface area contributed by atoms with Crippen LogP contribution in [0.5, 0.6) is 0 Å². The zero-order valence-electron chi connectivity index (χ0n) is 19.4. The third kappa shape index (κ3) is 5.36. The molecule has 0 aromatic heterocycles. The minimum Gasteiger partial charge on any atom is -0.308 e. The predicted molar refractivity (Wildman–Crippen MR) is 146 cm³/mol. The molecule has 0 aliphatic rings. The number of hydrogen-bond donors (Lipinski definition) is 4. The van der Waals surface area contributed by atoms with Gasteiger partial charge in [0.1, 0.15) is 0 Å². The highest BCUT2D eigenvalue weighted by molar-refractivity contribution is 7.90. The summed E-state index contributed by atoms with van der Waals surface area (Å²) < 4.78 is 27.8. The summed E-state index contributed by atoms with van der Waals surface area (Å²) in [6.07, 6.45) is 0. The van der Waals surface area contributed by atoms with E-state index in [2.05, 4.69) is 16.0 Å². The van der Waals surface area contributed by atoms with Crippen LogP contribution < -0.4 is 20.7 Å². The minimum absolute atomic E-state index is 0.177. The van der Waals surface area contributed by atoms with E-state index in [9.17, 15) is 18.0 Å². The van der Waals surface area contributed by atoms with E-state index >= 15 is 0 Å². The Bertz CT molecular complexity index is 1740. The van der Waals surface area contributed by atoms with E-state index in [1.807, 2.05) is 71.5 Å². The number of amides is 4. The molecule has 0 heterocycles. The topological polar surface area (TPSA) is 116 Å². The molecule has 0 saturated carbocycles. The average Bonchev–Trinajstić information content (AvgIpc) is 2.89. The number of sulfonamides is 1. The molecule has 0 unspecified atom stereocenters. The van der Waals surface area contributed by atoms with Crippen molar-refractivity contribution in [3.8, 4) is 0 Å². The third-order valence-electron chi connectivity index (χ3n) is 5.70. The molecule has 0 saturated heterocycles. The number of anilines is 3. The minimum atomic E-state index is -4.21. The van der Waals surface area contributed by atoms with Crippen molar-refractivity contribution in [1.29, 1.82) is 0 Å². The van der Waals surface area contributed by atoms with Crippen LogP contribution in [0.1, 0.15) is 0 Å². The number of carbonyl (C=O) groups excluding carboxylic acids is 2. The Labute approximate surface area is 213 Å². The summed E-state index contributed by atoms with van der Waals surface area (Å²) in [4.78, 5) is 25.0. The van der Waals surface area contributed by atoms with Crippen molar-refractivity contribution in [2.45, 2.75) is 4.90 Å². The summed E-state index contributed by atoms with van der Waals surface area (Å²) in [5.74, 6) is 0. The van der Waals surface area contributed by atoms with Gasteiger partial charge in [0.25, 0.3) is 10.0 Å². The average molecular weight is 511 g/mol. The monoisotopic (exact) mass is 510 g/mol. The van der Waals surface area contributed by atoms with Gasteiger partial charge < -0.3 is 16.0 Å².